The van der Waals surface area contributed by atoms with Crippen molar-refractivity contribution in [2.24, 2.45) is 0 Å². The monoisotopic (exact) mass is 229 g/mol. The highest BCUT2D eigenvalue weighted by atomic mass is 16.4. The highest BCUT2D eigenvalue weighted by molar-refractivity contribution is 5.87. The van der Waals surface area contributed by atoms with Gasteiger partial charge >= 0.3 is 5.97 Å². The molecule has 0 spiro atoms. The third-order valence-electron chi connectivity index (χ3n) is 2.92. The summed E-state index contributed by atoms with van der Waals surface area (Å²) in [6, 6.07) is 6.73. The van der Waals surface area contributed by atoms with Gasteiger partial charge in [-0.25, -0.2) is 9.48 Å². The number of hydrogen-bond donors (Lipinski definition) is 2. The summed E-state index contributed by atoms with van der Waals surface area (Å²) in [7, 11) is 0. The Bertz CT molecular complexity index is 572. The smallest absolute Gasteiger partial charge is 0.335 e. The van der Waals surface area contributed by atoms with E-state index in [1.165, 1.54) is 5.56 Å². The number of nitrogens with zero attached hydrogens (tertiary/aromatic N) is 2. The molecule has 0 saturated heterocycles. The highest BCUT2D eigenvalue weighted by Crippen LogP contribution is 2.19. The molecule has 0 amide bonds. The molecule has 1 aliphatic heterocycles. The normalized spacial score (nSPS) is 13.6. The van der Waals surface area contributed by atoms with Crippen LogP contribution in [-0.2, 0) is 13.1 Å². The Kier molecular flexibility index (Phi) is 2.19. The number of carbonyl (C=O) groups is 1. The van der Waals surface area contributed by atoms with Gasteiger partial charge in [-0.3, -0.25) is 0 Å². The van der Waals surface area contributed by atoms with E-state index in [0.29, 0.717) is 0 Å². The van der Waals surface area contributed by atoms with Crippen LogP contribution in [0.2, 0.25) is 0 Å². The van der Waals surface area contributed by atoms with Crippen LogP contribution in [0.15, 0.2) is 30.5 Å². The molecule has 0 aliphatic carbocycles. The summed E-state index contributed by atoms with van der Waals surface area (Å²) in [5.74, 6) is -0.913. The van der Waals surface area contributed by atoms with Crippen LogP contribution in [-0.4, -0.2) is 20.9 Å². The van der Waals surface area contributed by atoms with E-state index < -0.39 is 5.97 Å². The third-order valence-corrected chi connectivity index (χ3v) is 2.92. The standard InChI is InChI=1S/C12H11N3O2/c16-12(17)8-1-3-10(4-2-8)15-11-7-13-5-9(11)6-14-15/h1-4,6,13H,5,7H2,(H,16,17). The Morgan fingerprint density at radius 3 is 2.76 bits per heavy atom. The van der Waals surface area contributed by atoms with Crippen molar-refractivity contribution in [2.45, 2.75) is 13.1 Å². The average molecular weight is 229 g/mol. The molecule has 0 bridgehead atoms. The number of nitrogens with one attached hydrogen (secondary N) is 1. The molecule has 0 radical (unpaired) electrons. The van der Waals surface area contributed by atoms with Crippen molar-refractivity contribution in [1.82, 2.24) is 15.1 Å². The molecule has 0 atom stereocenters. The van der Waals surface area contributed by atoms with Crippen LogP contribution in [0, 0.1) is 0 Å². The molecule has 1 aromatic heterocycles. The van der Waals surface area contributed by atoms with Gasteiger partial charge in [0.1, 0.15) is 0 Å². The first-order valence-electron chi connectivity index (χ1n) is 5.36. The topological polar surface area (TPSA) is 67.1 Å². The Morgan fingerprint density at radius 2 is 2.06 bits per heavy atom. The summed E-state index contributed by atoms with van der Waals surface area (Å²) >= 11 is 0. The molecule has 3 rings (SSSR count). The van der Waals surface area contributed by atoms with Crippen molar-refractivity contribution in [3.63, 3.8) is 0 Å². The van der Waals surface area contributed by atoms with Gasteiger partial charge in [0.2, 0.25) is 0 Å². The third kappa shape index (κ3) is 1.60. The van der Waals surface area contributed by atoms with Gasteiger partial charge in [-0.1, -0.05) is 0 Å². The Balaban J connectivity index is 2.01. The quantitative estimate of drug-likeness (QED) is 0.811. The van der Waals surface area contributed by atoms with Gasteiger partial charge in [0.15, 0.2) is 0 Å². The lowest BCUT2D eigenvalue weighted by Gasteiger charge is -2.05. The Morgan fingerprint density at radius 1 is 1.29 bits per heavy atom. The number of aromatic carboxylic acids is 1. The minimum atomic E-state index is -0.913. The van der Waals surface area contributed by atoms with Crippen molar-refractivity contribution < 1.29 is 9.90 Å². The number of carboxylic acids is 1. The summed E-state index contributed by atoms with van der Waals surface area (Å²) in [4.78, 5) is 10.8. The zero-order valence-electron chi connectivity index (χ0n) is 9.05. The fourth-order valence-corrected chi connectivity index (χ4v) is 2.03. The predicted octanol–water partition coefficient (Wildman–Crippen LogP) is 1.17. The zero-order valence-corrected chi connectivity index (χ0v) is 9.05. The van der Waals surface area contributed by atoms with Gasteiger partial charge in [0.25, 0.3) is 0 Å². The number of carboxylic acid groups (broad SMARTS) is 1. The van der Waals surface area contributed by atoms with Crippen molar-refractivity contribution in [2.75, 3.05) is 0 Å². The number of benzene rings is 1. The Labute approximate surface area is 97.7 Å². The molecule has 2 N–H and O–H groups in total. The van der Waals surface area contributed by atoms with Gasteiger partial charge in [0.05, 0.1) is 23.1 Å². The van der Waals surface area contributed by atoms with E-state index in [4.69, 9.17) is 5.11 Å². The first-order valence-corrected chi connectivity index (χ1v) is 5.36. The minimum Gasteiger partial charge on any atom is -0.478 e. The maximum Gasteiger partial charge on any atom is 0.335 e. The molecule has 5 heteroatoms. The second-order valence-electron chi connectivity index (χ2n) is 3.98. The molecule has 0 unspecified atom stereocenters. The number of hydrogen-bond acceptors (Lipinski definition) is 3. The molecule has 86 valence electrons. The summed E-state index contributed by atoms with van der Waals surface area (Å²) in [6.45, 7) is 1.65. The lowest BCUT2D eigenvalue weighted by atomic mass is 10.2. The van der Waals surface area contributed by atoms with Crippen LogP contribution in [0.1, 0.15) is 21.6 Å². The molecule has 0 fully saturated rings. The van der Waals surface area contributed by atoms with Gasteiger partial charge in [-0.2, -0.15) is 5.10 Å². The van der Waals surface area contributed by atoms with E-state index in [0.717, 1.165) is 24.5 Å². The first-order chi connectivity index (χ1) is 8.25. The highest BCUT2D eigenvalue weighted by Gasteiger charge is 2.16. The second kappa shape index (κ2) is 3.71. The molecule has 1 aromatic carbocycles. The van der Waals surface area contributed by atoms with E-state index in [1.807, 2.05) is 10.9 Å². The summed E-state index contributed by atoms with van der Waals surface area (Å²) < 4.78 is 1.85. The minimum absolute atomic E-state index is 0.288. The summed E-state index contributed by atoms with van der Waals surface area (Å²) in [6.07, 6.45) is 1.85. The van der Waals surface area contributed by atoms with Crippen molar-refractivity contribution in [3.05, 3.63) is 47.3 Å². The second-order valence-corrected chi connectivity index (χ2v) is 3.98. The lowest BCUT2D eigenvalue weighted by molar-refractivity contribution is 0.0697. The molecular weight excluding hydrogens is 218 g/mol. The van der Waals surface area contributed by atoms with E-state index in [2.05, 4.69) is 10.4 Å². The molecular formula is C12H11N3O2. The molecule has 2 aromatic rings. The van der Waals surface area contributed by atoms with E-state index in [-0.39, 0.29) is 5.56 Å². The van der Waals surface area contributed by atoms with Crippen LogP contribution in [0.25, 0.3) is 5.69 Å². The maximum atomic E-state index is 10.8. The maximum absolute atomic E-state index is 10.8. The molecule has 0 saturated carbocycles. The van der Waals surface area contributed by atoms with Crippen LogP contribution in [0.5, 0.6) is 0 Å². The predicted molar refractivity (Wildman–Crippen MR) is 61.1 cm³/mol. The van der Waals surface area contributed by atoms with Crippen LogP contribution < -0.4 is 5.32 Å². The zero-order chi connectivity index (χ0) is 11.8. The molecule has 2 heterocycles. The van der Waals surface area contributed by atoms with Crippen LogP contribution >= 0.6 is 0 Å². The van der Waals surface area contributed by atoms with Crippen molar-refractivity contribution in [1.29, 1.82) is 0 Å². The number of aromatic nitrogens is 2. The van der Waals surface area contributed by atoms with Crippen LogP contribution in [0.4, 0.5) is 0 Å². The van der Waals surface area contributed by atoms with Gasteiger partial charge < -0.3 is 10.4 Å². The number of fused-ring (bicyclic) bond motifs is 1. The fourth-order valence-electron chi connectivity index (χ4n) is 2.03. The van der Waals surface area contributed by atoms with Gasteiger partial charge in [0, 0.05) is 18.7 Å². The largest absolute Gasteiger partial charge is 0.478 e. The molecule has 1 aliphatic rings. The van der Waals surface area contributed by atoms with Crippen molar-refractivity contribution in [3.8, 4) is 5.69 Å². The summed E-state index contributed by atoms with van der Waals surface area (Å²) in [5.41, 5.74) is 3.52. The molecule has 5 nitrogen and oxygen atoms in total. The van der Waals surface area contributed by atoms with Gasteiger partial charge in [-0.05, 0) is 24.3 Å². The van der Waals surface area contributed by atoms with Crippen LogP contribution in [0.3, 0.4) is 0 Å². The lowest BCUT2D eigenvalue weighted by Crippen LogP contribution is -2.07. The van der Waals surface area contributed by atoms with Gasteiger partial charge in [-0.15, -0.1) is 0 Å². The summed E-state index contributed by atoms with van der Waals surface area (Å²) in [5, 5.41) is 16.4. The van der Waals surface area contributed by atoms with E-state index >= 15 is 0 Å². The van der Waals surface area contributed by atoms with E-state index in [1.54, 1.807) is 24.3 Å². The van der Waals surface area contributed by atoms with Crippen molar-refractivity contribution >= 4 is 5.97 Å². The Hall–Kier alpha value is -2.14. The van der Waals surface area contributed by atoms with E-state index in [9.17, 15) is 4.79 Å². The number of rotatable bonds is 2. The average Bonchev–Trinajstić information content (AvgIpc) is 2.90. The molecule has 17 heavy (non-hydrogen) atoms. The first kappa shape index (κ1) is 10.0. The fraction of sp³-hybridized carbons (Fsp3) is 0.167. The SMILES string of the molecule is O=C(O)c1ccc(-n2ncc3c2CNC3)cc1.